The van der Waals surface area contributed by atoms with Gasteiger partial charge in [0.25, 0.3) is 5.69 Å². The SMILES string of the molecule is CCc1cccc(Cn2nc(Br)c3c([N+](=O)[O-])cccc32)n1. The molecule has 0 bridgehead atoms. The van der Waals surface area contributed by atoms with Crippen molar-refractivity contribution in [3.05, 3.63) is 62.5 Å². The summed E-state index contributed by atoms with van der Waals surface area (Å²) in [6, 6.07) is 10.8. The zero-order valence-corrected chi connectivity index (χ0v) is 13.4. The molecule has 0 radical (unpaired) electrons. The molecule has 0 fully saturated rings. The van der Waals surface area contributed by atoms with Gasteiger partial charge in [-0.25, -0.2) is 0 Å². The van der Waals surface area contributed by atoms with Crippen LogP contribution in [-0.2, 0) is 13.0 Å². The molecule has 0 unspecified atom stereocenters. The number of hydrogen-bond acceptors (Lipinski definition) is 4. The van der Waals surface area contributed by atoms with Crippen LogP contribution in [0.3, 0.4) is 0 Å². The van der Waals surface area contributed by atoms with E-state index in [9.17, 15) is 10.1 Å². The lowest BCUT2D eigenvalue weighted by Crippen LogP contribution is -2.04. The number of aryl methyl sites for hydroxylation is 1. The van der Waals surface area contributed by atoms with E-state index in [2.05, 4.69) is 32.9 Å². The summed E-state index contributed by atoms with van der Waals surface area (Å²) in [5.74, 6) is 0. The van der Waals surface area contributed by atoms with Crippen LogP contribution in [0.4, 0.5) is 5.69 Å². The van der Waals surface area contributed by atoms with Crippen LogP contribution in [-0.4, -0.2) is 19.7 Å². The van der Waals surface area contributed by atoms with Crippen LogP contribution in [0, 0.1) is 10.1 Å². The number of benzene rings is 1. The molecule has 2 heterocycles. The van der Waals surface area contributed by atoms with Gasteiger partial charge in [-0.3, -0.25) is 19.8 Å². The molecule has 0 saturated carbocycles. The van der Waals surface area contributed by atoms with Gasteiger partial charge in [0.05, 0.1) is 22.7 Å². The first-order valence-electron chi connectivity index (χ1n) is 6.84. The number of aromatic nitrogens is 3. The summed E-state index contributed by atoms with van der Waals surface area (Å²) in [7, 11) is 0. The Morgan fingerprint density at radius 3 is 2.68 bits per heavy atom. The van der Waals surface area contributed by atoms with Crippen molar-refractivity contribution in [2.75, 3.05) is 0 Å². The summed E-state index contributed by atoms with van der Waals surface area (Å²) in [5, 5.41) is 16.0. The van der Waals surface area contributed by atoms with Crippen molar-refractivity contribution in [2.45, 2.75) is 19.9 Å². The molecule has 2 aromatic heterocycles. The minimum absolute atomic E-state index is 0.0471. The third-order valence-electron chi connectivity index (χ3n) is 3.45. The maximum atomic E-state index is 11.2. The number of hydrogen-bond donors (Lipinski definition) is 0. The standard InChI is InChI=1S/C15H13BrN4O2/c1-2-10-5-3-6-11(17-10)9-19-12-7-4-8-13(20(21)22)14(12)15(16)18-19/h3-8H,2,9H2,1H3. The van der Waals surface area contributed by atoms with E-state index in [1.807, 2.05) is 24.3 Å². The zero-order chi connectivity index (χ0) is 15.7. The average molecular weight is 361 g/mol. The zero-order valence-electron chi connectivity index (χ0n) is 11.9. The Balaban J connectivity index is 2.08. The Morgan fingerprint density at radius 1 is 1.23 bits per heavy atom. The molecule has 7 heteroatoms. The summed E-state index contributed by atoms with van der Waals surface area (Å²) >= 11 is 3.32. The van der Waals surface area contributed by atoms with Gasteiger partial charge in [0.1, 0.15) is 9.99 Å². The van der Waals surface area contributed by atoms with Crippen molar-refractivity contribution in [2.24, 2.45) is 0 Å². The van der Waals surface area contributed by atoms with Gasteiger partial charge in [0.2, 0.25) is 0 Å². The first-order chi connectivity index (χ1) is 10.6. The number of fused-ring (bicyclic) bond motifs is 1. The second-order valence-corrected chi connectivity index (χ2v) is 5.60. The number of nitro benzene ring substituents is 1. The number of halogens is 1. The second-order valence-electron chi connectivity index (χ2n) is 4.85. The highest BCUT2D eigenvalue weighted by Crippen LogP contribution is 2.32. The van der Waals surface area contributed by atoms with Gasteiger partial charge in [0, 0.05) is 11.8 Å². The van der Waals surface area contributed by atoms with Crippen LogP contribution in [0.25, 0.3) is 10.9 Å². The molecule has 1 aromatic carbocycles. The second kappa shape index (κ2) is 5.84. The van der Waals surface area contributed by atoms with E-state index in [1.165, 1.54) is 6.07 Å². The van der Waals surface area contributed by atoms with Gasteiger partial charge in [-0.05, 0) is 40.5 Å². The molecule has 0 atom stereocenters. The minimum Gasteiger partial charge on any atom is -0.258 e. The smallest absolute Gasteiger partial charge is 0.258 e. The summed E-state index contributed by atoms with van der Waals surface area (Å²) in [4.78, 5) is 15.3. The third-order valence-corrected chi connectivity index (χ3v) is 4.00. The monoisotopic (exact) mass is 360 g/mol. The lowest BCUT2D eigenvalue weighted by molar-refractivity contribution is -0.383. The van der Waals surface area contributed by atoms with Crippen molar-refractivity contribution in [3.63, 3.8) is 0 Å². The predicted molar refractivity (Wildman–Crippen MR) is 86.8 cm³/mol. The Morgan fingerprint density at radius 2 is 1.95 bits per heavy atom. The van der Waals surface area contributed by atoms with Crippen LogP contribution in [0.5, 0.6) is 0 Å². The molecule has 22 heavy (non-hydrogen) atoms. The maximum absolute atomic E-state index is 11.2. The predicted octanol–water partition coefficient (Wildman–Crippen LogP) is 3.71. The molecule has 0 spiro atoms. The molecule has 0 amide bonds. The highest BCUT2D eigenvalue weighted by molar-refractivity contribution is 9.10. The Bertz CT molecular complexity index is 860. The number of nitro groups is 1. The number of nitrogens with zero attached hydrogens (tertiary/aromatic N) is 4. The first kappa shape index (κ1) is 14.6. The quantitative estimate of drug-likeness (QED) is 0.525. The van der Waals surface area contributed by atoms with Crippen LogP contribution in [0.1, 0.15) is 18.3 Å². The van der Waals surface area contributed by atoms with Crippen LogP contribution in [0.2, 0.25) is 0 Å². The van der Waals surface area contributed by atoms with Crippen molar-refractivity contribution in [3.8, 4) is 0 Å². The molecule has 0 saturated heterocycles. The molecular formula is C15H13BrN4O2. The lowest BCUT2D eigenvalue weighted by atomic mass is 10.2. The van der Waals surface area contributed by atoms with E-state index < -0.39 is 4.92 Å². The third kappa shape index (κ3) is 2.59. The van der Waals surface area contributed by atoms with Gasteiger partial charge in [0.15, 0.2) is 0 Å². The van der Waals surface area contributed by atoms with E-state index in [1.54, 1.807) is 10.7 Å². The average Bonchev–Trinajstić information content (AvgIpc) is 2.84. The molecule has 6 nitrogen and oxygen atoms in total. The molecule has 3 rings (SSSR count). The summed E-state index contributed by atoms with van der Waals surface area (Å²) in [6.07, 6.45) is 0.864. The minimum atomic E-state index is -0.394. The van der Waals surface area contributed by atoms with E-state index in [4.69, 9.17) is 0 Å². The fraction of sp³-hybridized carbons (Fsp3) is 0.200. The Hall–Kier alpha value is -2.28. The van der Waals surface area contributed by atoms with Gasteiger partial charge in [-0.2, -0.15) is 5.10 Å². The van der Waals surface area contributed by atoms with Gasteiger partial charge in [-0.1, -0.05) is 19.1 Å². The fourth-order valence-corrected chi connectivity index (χ4v) is 3.00. The van der Waals surface area contributed by atoms with Gasteiger partial charge >= 0.3 is 0 Å². The van der Waals surface area contributed by atoms with Crippen molar-refractivity contribution in [1.82, 2.24) is 14.8 Å². The van der Waals surface area contributed by atoms with E-state index >= 15 is 0 Å². The molecular weight excluding hydrogens is 348 g/mol. The van der Waals surface area contributed by atoms with Crippen LogP contribution in [0.15, 0.2) is 41.0 Å². The van der Waals surface area contributed by atoms with Gasteiger partial charge in [-0.15, -0.1) is 0 Å². The molecule has 112 valence electrons. The Kier molecular flexibility index (Phi) is 3.89. The Labute approximate surface area is 135 Å². The van der Waals surface area contributed by atoms with E-state index in [-0.39, 0.29) is 5.69 Å². The largest absolute Gasteiger partial charge is 0.281 e. The van der Waals surface area contributed by atoms with Crippen molar-refractivity contribution < 1.29 is 4.92 Å². The molecule has 0 aliphatic carbocycles. The first-order valence-corrected chi connectivity index (χ1v) is 7.63. The molecule has 0 aliphatic rings. The van der Waals surface area contributed by atoms with E-state index in [0.29, 0.717) is 22.1 Å². The highest BCUT2D eigenvalue weighted by Gasteiger charge is 2.19. The van der Waals surface area contributed by atoms with Crippen LogP contribution >= 0.6 is 15.9 Å². The normalized spacial score (nSPS) is 11.0. The highest BCUT2D eigenvalue weighted by atomic mass is 79.9. The van der Waals surface area contributed by atoms with Crippen LogP contribution < -0.4 is 0 Å². The lowest BCUT2D eigenvalue weighted by Gasteiger charge is -2.05. The van der Waals surface area contributed by atoms with Crippen molar-refractivity contribution >= 4 is 32.5 Å². The summed E-state index contributed by atoms with van der Waals surface area (Å²) < 4.78 is 2.20. The van der Waals surface area contributed by atoms with Gasteiger partial charge < -0.3 is 0 Å². The maximum Gasteiger partial charge on any atom is 0.281 e. The molecule has 0 aliphatic heterocycles. The fourth-order valence-electron chi connectivity index (χ4n) is 2.40. The number of pyridine rings is 1. The summed E-state index contributed by atoms with van der Waals surface area (Å²) in [5.41, 5.74) is 2.65. The van der Waals surface area contributed by atoms with E-state index in [0.717, 1.165) is 17.8 Å². The molecule has 3 aromatic rings. The molecule has 0 N–H and O–H groups in total. The topological polar surface area (TPSA) is 73.8 Å². The summed E-state index contributed by atoms with van der Waals surface area (Å²) in [6.45, 7) is 2.52. The number of rotatable bonds is 4. The van der Waals surface area contributed by atoms with Crippen molar-refractivity contribution in [1.29, 1.82) is 0 Å². The number of non-ortho nitro benzene ring substituents is 1.